The maximum atomic E-state index is 11.7. The highest BCUT2D eigenvalue weighted by Gasteiger charge is 2.42. The van der Waals surface area contributed by atoms with Gasteiger partial charge in [-0.25, -0.2) is 0 Å². The van der Waals surface area contributed by atoms with Crippen LogP contribution in [0, 0.1) is 5.41 Å². The van der Waals surface area contributed by atoms with Gasteiger partial charge in [0, 0.05) is 12.0 Å². The SMILES string of the molecule is O=C(NCC(F)(F)F)C(=O)NCC1(CO)CC1. The molecular formula is C9H13F3N2O3. The predicted octanol–water partition coefficient (Wildman–Crippen LogP) is -0.446. The molecule has 0 spiro atoms. The number of hydrogen-bond acceptors (Lipinski definition) is 3. The van der Waals surface area contributed by atoms with Crippen molar-refractivity contribution in [3.63, 3.8) is 0 Å². The normalized spacial score (nSPS) is 17.4. The summed E-state index contributed by atoms with van der Waals surface area (Å²) in [5.41, 5.74) is -0.389. The molecule has 2 amide bonds. The van der Waals surface area contributed by atoms with E-state index in [0.717, 1.165) is 12.8 Å². The van der Waals surface area contributed by atoms with Crippen molar-refractivity contribution in [3.8, 4) is 0 Å². The van der Waals surface area contributed by atoms with E-state index in [9.17, 15) is 22.8 Å². The molecule has 0 radical (unpaired) electrons. The Morgan fingerprint density at radius 2 is 1.71 bits per heavy atom. The number of alkyl halides is 3. The molecule has 8 heteroatoms. The Balaban J connectivity index is 2.25. The second kappa shape index (κ2) is 4.91. The molecule has 0 aromatic rings. The fourth-order valence-corrected chi connectivity index (χ4v) is 1.18. The van der Waals surface area contributed by atoms with E-state index in [1.165, 1.54) is 5.32 Å². The van der Waals surface area contributed by atoms with Crippen molar-refractivity contribution in [2.24, 2.45) is 5.41 Å². The fourth-order valence-electron chi connectivity index (χ4n) is 1.18. The van der Waals surface area contributed by atoms with Crippen molar-refractivity contribution < 1.29 is 27.9 Å². The molecule has 0 unspecified atom stereocenters. The van der Waals surface area contributed by atoms with Gasteiger partial charge in [-0.3, -0.25) is 9.59 Å². The Bertz CT molecular complexity index is 313. The highest BCUT2D eigenvalue weighted by atomic mass is 19.4. The molecule has 5 nitrogen and oxygen atoms in total. The fraction of sp³-hybridized carbons (Fsp3) is 0.778. The number of hydrogen-bond donors (Lipinski definition) is 3. The maximum absolute atomic E-state index is 11.7. The van der Waals surface area contributed by atoms with Crippen molar-refractivity contribution in [2.75, 3.05) is 19.7 Å². The molecule has 0 heterocycles. The van der Waals surface area contributed by atoms with Crippen LogP contribution in [0.3, 0.4) is 0 Å². The van der Waals surface area contributed by atoms with Gasteiger partial charge in [-0.2, -0.15) is 13.2 Å². The van der Waals surface area contributed by atoms with Crippen molar-refractivity contribution in [1.82, 2.24) is 10.6 Å². The summed E-state index contributed by atoms with van der Waals surface area (Å²) in [6.07, 6.45) is -3.08. The molecule has 17 heavy (non-hydrogen) atoms. The zero-order valence-corrected chi connectivity index (χ0v) is 8.93. The molecule has 1 saturated carbocycles. The number of amides is 2. The summed E-state index contributed by atoms with van der Waals surface area (Å²) in [5, 5.41) is 12.6. The first-order valence-electron chi connectivity index (χ1n) is 5.02. The van der Waals surface area contributed by atoms with Crippen LogP contribution in [-0.2, 0) is 9.59 Å². The van der Waals surface area contributed by atoms with Crippen LogP contribution in [0.15, 0.2) is 0 Å². The molecule has 1 fully saturated rings. The lowest BCUT2D eigenvalue weighted by Crippen LogP contribution is -2.45. The zero-order valence-electron chi connectivity index (χ0n) is 8.93. The third-order valence-corrected chi connectivity index (χ3v) is 2.57. The molecule has 3 N–H and O–H groups in total. The van der Waals surface area contributed by atoms with Crippen LogP contribution in [0.4, 0.5) is 13.2 Å². The molecule has 1 aliphatic carbocycles. The average molecular weight is 254 g/mol. The number of carbonyl (C=O) groups is 2. The molecule has 0 aliphatic heterocycles. The van der Waals surface area contributed by atoms with Crippen LogP contribution in [0.2, 0.25) is 0 Å². The average Bonchev–Trinajstić information content (AvgIpc) is 3.02. The molecular weight excluding hydrogens is 241 g/mol. The first-order chi connectivity index (χ1) is 7.78. The van der Waals surface area contributed by atoms with E-state index in [2.05, 4.69) is 5.32 Å². The summed E-state index contributed by atoms with van der Waals surface area (Å²) in [7, 11) is 0. The van der Waals surface area contributed by atoms with Crippen LogP contribution in [0.1, 0.15) is 12.8 Å². The van der Waals surface area contributed by atoms with Gasteiger partial charge < -0.3 is 15.7 Å². The van der Waals surface area contributed by atoms with E-state index < -0.39 is 24.5 Å². The van der Waals surface area contributed by atoms with Gasteiger partial charge in [-0.05, 0) is 12.8 Å². The first kappa shape index (κ1) is 13.8. The summed E-state index contributed by atoms with van der Waals surface area (Å²) in [6, 6.07) is 0. The number of rotatable bonds is 4. The van der Waals surface area contributed by atoms with Crippen molar-refractivity contribution in [3.05, 3.63) is 0 Å². The van der Waals surface area contributed by atoms with Gasteiger partial charge in [0.1, 0.15) is 6.54 Å². The third-order valence-electron chi connectivity index (χ3n) is 2.57. The summed E-state index contributed by atoms with van der Waals surface area (Å²) in [4.78, 5) is 22.0. The summed E-state index contributed by atoms with van der Waals surface area (Å²) < 4.78 is 35.2. The quantitative estimate of drug-likeness (QED) is 0.595. The van der Waals surface area contributed by atoms with Crippen LogP contribution in [0.25, 0.3) is 0 Å². The van der Waals surface area contributed by atoms with Crippen molar-refractivity contribution in [2.45, 2.75) is 19.0 Å². The second-order valence-electron chi connectivity index (χ2n) is 4.14. The standard InChI is InChI=1S/C9H13F3N2O3/c10-9(11,12)4-14-7(17)6(16)13-3-8(5-15)1-2-8/h15H,1-5H2,(H,13,16)(H,14,17). The van der Waals surface area contributed by atoms with Crippen molar-refractivity contribution >= 4 is 11.8 Å². The van der Waals surface area contributed by atoms with E-state index in [4.69, 9.17) is 5.11 Å². The number of halogens is 3. The minimum atomic E-state index is -4.54. The van der Waals surface area contributed by atoms with Gasteiger partial charge in [-0.15, -0.1) is 0 Å². The van der Waals surface area contributed by atoms with Crippen molar-refractivity contribution in [1.29, 1.82) is 0 Å². The lowest BCUT2D eigenvalue weighted by Gasteiger charge is -2.13. The van der Waals surface area contributed by atoms with Gasteiger partial charge in [-0.1, -0.05) is 0 Å². The molecule has 1 rings (SSSR count). The number of carbonyl (C=O) groups excluding carboxylic acids is 2. The van der Waals surface area contributed by atoms with Gasteiger partial charge in [0.2, 0.25) is 0 Å². The van der Waals surface area contributed by atoms with E-state index in [-0.39, 0.29) is 18.6 Å². The first-order valence-corrected chi connectivity index (χ1v) is 5.02. The van der Waals surface area contributed by atoms with E-state index in [1.807, 2.05) is 0 Å². The van der Waals surface area contributed by atoms with Crippen LogP contribution in [0.5, 0.6) is 0 Å². The predicted molar refractivity (Wildman–Crippen MR) is 50.8 cm³/mol. The zero-order chi connectivity index (χ0) is 13.1. The van der Waals surface area contributed by atoms with E-state index in [0.29, 0.717) is 0 Å². The minimum absolute atomic E-state index is 0.0990. The molecule has 1 aliphatic rings. The third kappa shape index (κ3) is 4.59. The van der Waals surface area contributed by atoms with Crippen LogP contribution >= 0.6 is 0 Å². The Morgan fingerprint density at radius 3 is 2.12 bits per heavy atom. The second-order valence-corrected chi connectivity index (χ2v) is 4.14. The minimum Gasteiger partial charge on any atom is -0.396 e. The van der Waals surface area contributed by atoms with Crippen LogP contribution < -0.4 is 10.6 Å². The lowest BCUT2D eigenvalue weighted by molar-refractivity contribution is -0.146. The van der Waals surface area contributed by atoms with Gasteiger partial charge in [0.15, 0.2) is 0 Å². The maximum Gasteiger partial charge on any atom is 0.405 e. The smallest absolute Gasteiger partial charge is 0.396 e. The molecule has 0 aromatic carbocycles. The Labute approximate surface area is 95.4 Å². The monoisotopic (exact) mass is 254 g/mol. The molecule has 0 bridgehead atoms. The van der Waals surface area contributed by atoms with E-state index in [1.54, 1.807) is 0 Å². The largest absolute Gasteiger partial charge is 0.405 e. The molecule has 98 valence electrons. The topological polar surface area (TPSA) is 78.4 Å². The number of aliphatic hydroxyl groups is 1. The summed E-state index contributed by atoms with van der Waals surface area (Å²) in [5.74, 6) is -2.44. The summed E-state index contributed by atoms with van der Waals surface area (Å²) >= 11 is 0. The highest BCUT2D eigenvalue weighted by molar-refractivity contribution is 6.35. The highest BCUT2D eigenvalue weighted by Crippen LogP contribution is 2.44. The molecule has 0 saturated heterocycles. The lowest BCUT2D eigenvalue weighted by atomic mass is 10.1. The van der Waals surface area contributed by atoms with Gasteiger partial charge in [0.05, 0.1) is 6.61 Å². The van der Waals surface area contributed by atoms with Gasteiger partial charge in [0.25, 0.3) is 0 Å². The van der Waals surface area contributed by atoms with Crippen LogP contribution in [-0.4, -0.2) is 42.8 Å². The molecule has 0 aromatic heterocycles. The number of nitrogens with one attached hydrogen (secondary N) is 2. The summed E-state index contributed by atoms with van der Waals surface area (Å²) in [6.45, 7) is -1.55. The Hall–Kier alpha value is -1.31. The van der Waals surface area contributed by atoms with Gasteiger partial charge >= 0.3 is 18.0 Å². The Kier molecular flexibility index (Phi) is 3.97. The molecule has 0 atom stereocenters. The number of aliphatic hydroxyl groups excluding tert-OH is 1. The Morgan fingerprint density at radius 1 is 1.18 bits per heavy atom. The van der Waals surface area contributed by atoms with E-state index >= 15 is 0 Å².